The second-order valence-electron chi connectivity index (χ2n) is 6.25. The molecular formula is C17H21N7O. The first-order valence-electron chi connectivity index (χ1n) is 8.38. The Balaban J connectivity index is 1.45. The van der Waals surface area contributed by atoms with Crippen LogP contribution in [0.25, 0.3) is 0 Å². The Morgan fingerprint density at radius 2 is 2.16 bits per heavy atom. The Kier molecular flexibility index (Phi) is 4.19. The average molecular weight is 339 g/mol. The van der Waals surface area contributed by atoms with Gasteiger partial charge in [-0.1, -0.05) is 6.07 Å². The van der Waals surface area contributed by atoms with Crippen LogP contribution in [0.4, 0.5) is 0 Å². The summed E-state index contributed by atoms with van der Waals surface area (Å²) in [4.78, 5) is 6.56. The molecule has 0 amide bonds. The summed E-state index contributed by atoms with van der Waals surface area (Å²) in [6.07, 6.45) is 5.68. The van der Waals surface area contributed by atoms with Gasteiger partial charge in [0, 0.05) is 50.7 Å². The van der Waals surface area contributed by atoms with Gasteiger partial charge in [0.25, 0.3) is 0 Å². The Labute approximate surface area is 146 Å². The Morgan fingerprint density at radius 1 is 1.24 bits per heavy atom. The fraction of sp³-hybridized carbons (Fsp3) is 0.412. The van der Waals surface area contributed by atoms with Crippen molar-refractivity contribution in [2.24, 2.45) is 7.05 Å². The van der Waals surface area contributed by atoms with E-state index in [9.17, 15) is 0 Å². The largest absolute Gasteiger partial charge is 0.469 e. The van der Waals surface area contributed by atoms with Gasteiger partial charge in [0.05, 0.1) is 12.2 Å². The molecule has 0 saturated carbocycles. The van der Waals surface area contributed by atoms with Gasteiger partial charge in [-0.05, 0) is 13.0 Å². The lowest BCUT2D eigenvalue weighted by atomic mass is 10.2. The van der Waals surface area contributed by atoms with E-state index in [4.69, 9.17) is 4.74 Å². The lowest BCUT2D eigenvalue weighted by molar-refractivity contribution is 0.152. The van der Waals surface area contributed by atoms with Crippen LogP contribution >= 0.6 is 0 Å². The van der Waals surface area contributed by atoms with Crippen molar-refractivity contribution in [1.29, 1.82) is 0 Å². The first-order chi connectivity index (χ1) is 12.2. The summed E-state index contributed by atoms with van der Waals surface area (Å²) < 4.78 is 9.71. The number of rotatable bonds is 5. The molecule has 0 spiro atoms. The maximum Gasteiger partial charge on any atom is 0.213 e. The van der Waals surface area contributed by atoms with Crippen LogP contribution in [-0.2, 0) is 26.7 Å². The van der Waals surface area contributed by atoms with Crippen LogP contribution in [0.1, 0.15) is 30.2 Å². The third kappa shape index (κ3) is 3.25. The minimum absolute atomic E-state index is 0.199. The third-order valence-corrected chi connectivity index (χ3v) is 4.52. The fourth-order valence-corrected chi connectivity index (χ4v) is 3.17. The van der Waals surface area contributed by atoms with Crippen LogP contribution in [0.3, 0.4) is 0 Å². The first kappa shape index (κ1) is 15.8. The van der Waals surface area contributed by atoms with Crippen LogP contribution in [0.15, 0.2) is 36.8 Å². The molecule has 3 aromatic rings. The molecule has 4 heterocycles. The highest BCUT2D eigenvalue weighted by atomic mass is 16.5. The van der Waals surface area contributed by atoms with Gasteiger partial charge < -0.3 is 9.30 Å². The van der Waals surface area contributed by atoms with Gasteiger partial charge in [-0.2, -0.15) is 5.10 Å². The Morgan fingerprint density at radius 3 is 2.92 bits per heavy atom. The van der Waals surface area contributed by atoms with Crippen molar-refractivity contribution in [3.05, 3.63) is 54.0 Å². The fourth-order valence-electron chi connectivity index (χ4n) is 3.17. The van der Waals surface area contributed by atoms with Gasteiger partial charge >= 0.3 is 0 Å². The number of fused-ring (bicyclic) bond motifs is 1. The van der Waals surface area contributed by atoms with E-state index in [0.29, 0.717) is 12.5 Å². The normalized spacial score (nSPS) is 17.4. The van der Waals surface area contributed by atoms with E-state index in [1.54, 1.807) is 6.20 Å². The molecule has 8 heteroatoms. The lowest BCUT2D eigenvalue weighted by Gasteiger charge is -2.33. The average Bonchev–Trinajstić information content (AvgIpc) is 3.23. The predicted octanol–water partition coefficient (Wildman–Crippen LogP) is 1.56. The van der Waals surface area contributed by atoms with Gasteiger partial charge in [0.1, 0.15) is 12.4 Å². The molecule has 0 fully saturated rings. The van der Waals surface area contributed by atoms with Crippen LogP contribution in [0.5, 0.6) is 5.88 Å². The van der Waals surface area contributed by atoms with Gasteiger partial charge in [-0.15, -0.1) is 10.2 Å². The van der Waals surface area contributed by atoms with Crippen LogP contribution in [-0.4, -0.2) is 41.0 Å². The molecule has 1 aliphatic rings. The molecule has 0 bridgehead atoms. The monoisotopic (exact) mass is 339 g/mol. The number of hydrogen-bond acceptors (Lipinski definition) is 6. The molecule has 3 aromatic heterocycles. The topological polar surface area (TPSA) is 73.9 Å². The second kappa shape index (κ2) is 6.64. The highest BCUT2D eigenvalue weighted by molar-refractivity contribution is 5.11. The molecule has 130 valence electrons. The zero-order chi connectivity index (χ0) is 17.2. The van der Waals surface area contributed by atoms with E-state index in [1.807, 2.05) is 36.1 Å². The zero-order valence-electron chi connectivity index (χ0n) is 14.4. The van der Waals surface area contributed by atoms with E-state index in [0.717, 1.165) is 31.3 Å². The first-order valence-corrected chi connectivity index (χ1v) is 8.38. The lowest BCUT2D eigenvalue weighted by Crippen LogP contribution is -2.37. The van der Waals surface area contributed by atoms with Crippen LogP contribution < -0.4 is 4.74 Å². The van der Waals surface area contributed by atoms with Crippen molar-refractivity contribution in [2.75, 3.05) is 6.54 Å². The molecule has 0 aliphatic carbocycles. The second-order valence-corrected chi connectivity index (χ2v) is 6.25. The number of pyridine rings is 1. The number of ether oxygens (including phenoxy) is 1. The van der Waals surface area contributed by atoms with Gasteiger partial charge in [0.2, 0.25) is 5.88 Å². The minimum Gasteiger partial charge on any atom is -0.469 e. The highest BCUT2D eigenvalue weighted by Crippen LogP contribution is 2.26. The molecule has 0 N–H and O–H groups in total. The van der Waals surface area contributed by atoms with Crippen LogP contribution in [0, 0.1) is 0 Å². The number of nitrogens with zero attached hydrogens (tertiary/aromatic N) is 7. The molecule has 1 atom stereocenters. The molecule has 1 unspecified atom stereocenters. The molecule has 0 saturated heterocycles. The third-order valence-electron chi connectivity index (χ3n) is 4.52. The summed E-state index contributed by atoms with van der Waals surface area (Å²) in [5.74, 6) is 2.42. The minimum atomic E-state index is 0.199. The zero-order valence-corrected chi connectivity index (χ0v) is 14.4. The summed E-state index contributed by atoms with van der Waals surface area (Å²) in [7, 11) is 1.94. The van der Waals surface area contributed by atoms with Crippen molar-refractivity contribution >= 4 is 0 Å². The van der Waals surface area contributed by atoms with Crippen molar-refractivity contribution in [1.82, 2.24) is 34.4 Å². The molecule has 1 aliphatic heterocycles. The van der Waals surface area contributed by atoms with E-state index in [1.165, 1.54) is 5.56 Å². The van der Waals surface area contributed by atoms with Crippen molar-refractivity contribution in [2.45, 2.75) is 32.7 Å². The number of hydrogen-bond donors (Lipinski definition) is 0. The maximum absolute atomic E-state index is 5.72. The molecule has 25 heavy (non-hydrogen) atoms. The maximum atomic E-state index is 5.72. The quantitative estimate of drug-likeness (QED) is 0.702. The van der Waals surface area contributed by atoms with E-state index < -0.39 is 0 Å². The van der Waals surface area contributed by atoms with Crippen molar-refractivity contribution in [3.8, 4) is 5.88 Å². The SMILES string of the molecule is CC1c2nnc(COc3ccccn3)n2CCN1Cc1cnn(C)c1. The van der Waals surface area contributed by atoms with Crippen molar-refractivity contribution in [3.63, 3.8) is 0 Å². The molecular weight excluding hydrogens is 318 g/mol. The van der Waals surface area contributed by atoms with Gasteiger partial charge in [-0.25, -0.2) is 4.98 Å². The van der Waals surface area contributed by atoms with Gasteiger partial charge in [0.15, 0.2) is 5.82 Å². The Bertz CT molecular complexity index is 842. The number of aromatic nitrogens is 6. The Hall–Kier alpha value is -2.74. The van der Waals surface area contributed by atoms with Gasteiger partial charge in [-0.3, -0.25) is 9.58 Å². The standard InChI is InChI=1S/C17H21N7O/c1-13-17-21-20-15(12-25-16-5-3-4-6-18-16)24(17)8-7-23(13)11-14-9-19-22(2)10-14/h3-6,9-10,13H,7-8,11-12H2,1-2H3. The molecule has 0 aromatic carbocycles. The van der Waals surface area contributed by atoms with E-state index >= 15 is 0 Å². The smallest absolute Gasteiger partial charge is 0.213 e. The predicted molar refractivity (Wildman–Crippen MR) is 90.6 cm³/mol. The van der Waals surface area contributed by atoms with Crippen molar-refractivity contribution < 1.29 is 4.74 Å². The summed E-state index contributed by atoms with van der Waals surface area (Å²) in [6.45, 7) is 5.20. The van der Waals surface area contributed by atoms with Crippen LogP contribution in [0.2, 0.25) is 0 Å². The summed E-state index contributed by atoms with van der Waals surface area (Å²) in [5, 5.41) is 13.0. The van der Waals surface area contributed by atoms with E-state index in [2.05, 4.69) is 42.9 Å². The summed E-state index contributed by atoms with van der Waals surface area (Å²) in [5.41, 5.74) is 1.21. The molecule has 4 rings (SSSR count). The molecule has 8 nitrogen and oxygen atoms in total. The van der Waals surface area contributed by atoms with E-state index in [-0.39, 0.29) is 6.04 Å². The molecule has 0 radical (unpaired) electrons. The number of aryl methyl sites for hydroxylation is 1. The summed E-state index contributed by atoms with van der Waals surface area (Å²) in [6, 6.07) is 5.81. The summed E-state index contributed by atoms with van der Waals surface area (Å²) >= 11 is 0. The highest BCUT2D eigenvalue weighted by Gasteiger charge is 2.28.